The molecule has 3 heterocycles. The van der Waals surface area contributed by atoms with Gasteiger partial charge in [-0.1, -0.05) is 47.0 Å². The fourth-order valence-electron chi connectivity index (χ4n) is 3.97. The summed E-state index contributed by atoms with van der Waals surface area (Å²) in [6.07, 6.45) is 1.78. The Morgan fingerprint density at radius 2 is 1.81 bits per heavy atom. The third-order valence-electron chi connectivity index (χ3n) is 5.53. The van der Waals surface area contributed by atoms with Crippen LogP contribution in [-0.4, -0.2) is 10.1 Å². The molecule has 1 aliphatic heterocycles. The normalized spacial score (nSPS) is 18.1. The Kier molecular flexibility index (Phi) is 5.64. The SMILES string of the molecule is Cc1ccc(N2C(=S)N[C@H](c3ccccn3)[C@@H]2c2ccc(-c3ccc(Cl)cc3Cl)o2)cc1. The molecule has 7 heteroatoms. The van der Waals surface area contributed by atoms with Crippen LogP contribution < -0.4 is 10.2 Å². The number of nitrogens with zero attached hydrogens (tertiary/aromatic N) is 2. The lowest BCUT2D eigenvalue weighted by Crippen LogP contribution is -2.29. The zero-order chi connectivity index (χ0) is 22.2. The molecule has 1 saturated heterocycles. The lowest BCUT2D eigenvalue weighted by molar-refractivity contribution is 0.439. The molecule has 0 spiro atoms. The van der Waals surface area contributed by atoms with E-state index in [4.69, 9.17) is 39.8 Å². The number of anilines is 1. The highest BCUT2D eigenvalue weighted by Crippen LogP contribution is 2.43. The van der Waals surface area contributed by atoms with Crippen LogP contribution in [0.1, 0.15) is 29.1 Å². The molecule has 32 heavy (non-hydrogen) atoms. The Labute approximate surface area is 201 Å². The second-order valence-corrected chi connectivity index (χ2v) is 8.89. The van der Waals surface area contributed by atoms with Crippen LogP contribution in [0.2, 0.25) is 10.0 Å². The van der Waals surface area contributed by atoms with Crippen molar-refractivity contribution in [3.63, 3.8) is 0 Å². The van der Waals surface area contributed by atoms with Crippen molar-refractivity contribution in [1.82, 2.24) is 10.3 Å². The van der Waals surface area contributed by atoms with Gasteiger partial charge in [-0.15, -0.1) is 0 Å². The zero-order valence-corrected chi connectivity index (χ0v) is 19.5. The van der Waals surface area contributed by atoms with Crippen molar-refractivity contribution in [1.29, 1.82) is 0 Å². The number of nitrogens with one attached hydrogen (secondary N) is 1. The molecule has 2 atom stereocenters. The van der Waals surface area contributed by atoms with Gasteiger partial charge in [0, 0.05) is 22.5 Å². The highest BCUT2D eigenvalue weighted by Gasteiger charge is 2.42. The maximum Gasteiger partial charge on any atom is 0.174 e. The van der Waals surface area contributed by atoms with Crippen molar-refractivity contribution in [2.45, 2.75) is 19.0 Å². The molecule has 0 radical (unpaired) electrons. The molecule has 0 bridgehead atoms. The Morgan fingerprint density at radius 3 is 2.53 bits per heavy atom. The standard InChI is InChI=1S/C25H19Cl2N3OS/c1-15-5-8-17(9-6-15)30-24(23(29-25(30)32)20-4-2-3-13-28-20)22-12-11-21(31-22)18-10-7-16(26)14-19(18)27/h2-14,23-24H,1H3,(H,29,32)/t23-,24+/m1/s1. The van der Waals surface area contributed by atoms with Gasteiger partial charge in [0.15, 0.2) is 5.11 Å². The van der Waals surface area contributed by atoms with Crippen LogP contribution in [0.5, 0.6) is 0 Å². The van der Waals surface area contributed by atoms with Gasteiger partial charge in [-0.05, 0) is 73.7 Å². The van der Waals surface area contributed by atoms with Gasteiger partial charge in [-0.2, -0.15) is 0 Å². The van der Waals surface area contributed by atoms with Crippen LogP contribution in [-0.2, 0) is 0 Å². The van der Waals surface area contributed by atoms with E-state index < -0.39 is 0 Å². The summed E-state index contributed by atoms with van der Waals surface area (Å²) in [5.74, 6) is 1.43. The molecular formula is C25H19Cl2N3OS. The largest absolute Gasteiger partial charge is 0.459 e. The summed E-state index contributed by atoms with van der Waals surface area (Å²) in [5.41, 5.74) is 3.84. The summed E-state index contributed by atoms with van der Waals surface area (Å²) in [6.45, 7) is 2.06. The number of aromatic nitrogens is 1. The fraction of sp³-hybridized carbons (Fsp3) is 0.120. The third kappa shape index (κ3) is 3.88. The molecule has 4 nitrogen and oxygen atoms in total. The van der Waals surface area contributed by atoms with E-state index in [9.17, 15) is 0 Å². The van der Waals surface area contributed by atoms with Gasteiger partial charge in [-0.25, -0.2) is 0 Å². The average Bonchev–Trinajstić information content (AvgIpc) is 3.39. The minimum absolute atomic E-state index is 0.176. The van der Waals surface area contributed by atoms with E-state index >= 15 is 0 Å². The van der Waals surface area contributed by atoms with Gasteiger partial charge < -0.3 is 14.6 Å². The molecule has 0 saturated carbocycles. The van der Waals surface area contributed by atoms with Gasteiger partial charge in [0.2, 0.25) is 0 Å². The molecule has 160 valence electrons. The summed E-state index contributed by atoms with van der Waals surface area (Å²) >= 11 is 18.2. The number of halogens is 2. The van der Waals surface area contributed by atoms with Crippen molar-refractivity contribution in [3.8, 4) is 11.3 Å². The molecule has 2 aromatic heterocycles. The molecule has 1 fully saturated rings. The maximum absolute atomic E-state index is 6.42. The first-order valence-electron chi connectivity index (χ1n) is 10.1. The summed E-state index contributed by atoms with van der Waals surface area (Å²) in [7, 11) is 0. The molecule has 0 amide bonds. The predicted octanol–water partition coefficient (Wildman–Crippen LogP) is 7.13. The Bertz CT molecular complexity index is 1270. The van der Waals surface area contributed by atoms with Crippen LogP contribution in [0.4, 0.5) is 5.69 Å². The van der Waals surface area contributed by atoms with Crippen LogP contribution in [0.3, 0.4) is 0 Å². The second-order valence-electron chi connectivity index (χ2n) is 7.66. The van der Waals surface area contributed by atoms with Crippen molar-refractivity contribution in [3.05, 3.63) is 106 Å². The van der Waals surface area contributed by atoms with Crippen molar-refractivity contribution < 1.29 is 4.42 Å². The van der Waals surface area contributed by atoms with E-state index in [1.807, 2.05) is 36.4 Å². The first-order valence-corrected chi connectivity index (χ1v) is 11.3. The number of benzene rings is 2. The molecule has 0 unspecified atom stereocenters. The topological polar surface area (TPSA) is 41.3 Å². The monoisotopic (exact) mass is 479 g/mol. The first-order chi connectivity index (χ1) is 15.5. The van der Waals surface area contributed by atoms with E-state index in [0.29, 0.717) is 20.9 Å². The minimum atomic E-state index is -0.222. The summed E-state index contributed by atoms with van der Waals surface area (Å²) in [4.78, 5) is 6.66. The van der Waals surface area contributed by atoms with E-state index in [-0.39, 0.29) is 12.1 Å². The van der Waals surface area contributed by atoms with Crippen molar-refractivity contribution in [2.75, 3.05) is 4.90 Å². The third-order valence-corrected chi connectivity index (χ3v) is 6.39. The number of hydrogen-bond donors (Lipinski definition) is 1. The van der Waals surface area contributed by atoms with Crippen LogP contribution in [0.25, 0.3) is 11.3 Å². The summed E-state index contributed by atoms with van der Waals surface area (Å²) in [6, 6.07) is 23.0. The second kappa shape index (κ2) is 8.58. The van der Waals surface area contributed by atoms with Gasteiger partial charge in [0.25, 0.3) is 0 Å². The fourth-order valence-corrected chi connectivity index (χ4v) is 4.82. The average molecular weight is 480 g/mol. The minimum Gasteiger partial charge on any atom is -0.459 e. The van der Waals surface area contributed by atoms with Crippen LogP contribution in [0, 0.1) is 6.92 Å². The smallest absolute Gasteiger partial charge is 0.174 e. The van der Waals surface area contributed by atoms with Gasteiger partial charge in [0.05, 0.1) is 16.8 Å². The van der Waals surface area contributed by atoms with Gasteiger partial charge >= 0.3 is 0 Å². The van der Waals surface area contributed by atoms with E-state index in [1.54, 1.807) is 18.3 Å². The molecule has 1 N–H and O–H groups in total. The number of furan rings is 1. The highest BCUT2D eigenvalue weighted by molar-refractivity contribution is 7.80. The summed E-state index contributed by atoms with van der Waals surface area (Å²) in [5, 5.41) is 5.18. The number of pyridine rings is 1. The van der Waals surface area contributed by atoms with Crippen molar-refractivity contribution >= 4 is 46.2 Å². The quantitative estimate of drug-likeness (QED) is 0.315. The first kappa shape index (κ1) is 21.0. The Balaban J connectivity index is 1.60. The maximum atomic E-state index is 6.42. The van der Waals surface area contributed by atoms with Gasteiger partial charge in [0.1, 0.15) is 17.6 Å². The van der Waals surface area contributed by atoms with E-state index in [2.05, 4.69) is 46.4 Å². The molecule has 0 aliphatic carbocycles. The molecule has 1 aliphatic rings. The number of hydrogen-bond acceptors (Lipinski definition) is 3. The van der Waals surface area contributed by atoms with Gasteiger partial charge in [-0.3, -0.25) is 4.98 Å². The molecular weight excluding hydrogens is 461 g/mol. The zero-order valence-electron chi connectivity index (χ0n) is 17.1. The lowest BCUT2D eigenvalue weighted by Gasteiger charge is -2.26. The number of aryl methyl sites for hydroxylation is 1. The van der Waals surface area contributed by atoms with E-state index in [0.717, 1.165) is 22.7 Å². The Hall–Kier alpha value is -2.86. The van der Waals surface area contributed by atoms with Crippen LogP contribution in [0.15, 0.2) is 83.4 Å². The Morgan fingerprint density at radius 1 is 1.00 bits per heavy atom. The van der Waals surface area contributed by atoms with E-state index in [1.165, 1.54) is 5.56 Å². The predicted molar refractivity (Wildman–Crippen MR) is 133 cm³/mol. The number of thiocarbonyl (C=S) groups is 1. The molecule has 5 rings (SSSR count). The summed E-state index contributed by atoms with van der Waals surface area (Å²) < 4.78 is 6.35. The number of rotatable bonds is 4. The van der Waals surface area contributed by atoms with Crippen molar-refractivity contribution in [2.24, 2.45) is 0 Å². The molecule has 4 aromatic rings. The molecule has 2 aromatic carbocycles. The lowest BCUT2D eigenvalue weighted by atomic mass is 10.0. The highest BCUT2D eigenvalue weighted by atomic mass is 35.5. The van der Waals surface area contributed by atoms with Crippen LogP contribution >= 0.6 is 35.4 Å².